The number of hydrogen-bond donors (Lipinski definition) is 0. The maximum Gasteiger partial charge on any atom is 0.268 e. The van der Waals surface area contributed by atoms with Gasteiger partial charge in [-0.1, -0.05) is 103 Å². The number of likely N-dealkylation sites (N-methyl/N-ethyl adjacent to an activating group) is 1. The largest absolute Gasteiger partial charge is 0.756 e. The van der Waals surface area contributed by atoms with E-state index in [-0.39, 0.29) is 13.2 Å². The van der Waals surface area contributed by atoms with Crippen molar-refractivity contribution in [3.63, 3.8) is 0 Å². The van der Waals surface area contributed by atoms with Crippen LogP contribution in [-0.2, 0) is 23.1 Å². The van der Waals surface area contributed by atoms with Crippen LogP contribution < -0.4 is 4.89 Å². The predicted molar refractivity (Wildman–Crippen MR) is 176 cm³/mol. The van der Waals surface area contributed by atoms with Gasteiger partial charge >= 0.3 is 0 Å². The second-order valence-electron chi connectivity index (χ2n) is 13.9. The highest BCUT2D eigenvalue weighted by Gasteiger charge is 2.22. The van der Waals surface area contributed by atoms with Crippen molar-refractivity contribution in [2.24, 2.45) is 0 Å². The Morgan fingerprint density at radius 2 is 1.17 bits per heavy atom. The van der Waals surface area contributed by atoms with Gasteiger partial charge in [-0.3, -0.25) is 4.57 Å². The fourth-order valence-electron chi connectivity index (χ4n) is 4.63. The fraction of sp³-hybridized carbons (Fsp3) is 0.941. The van der Waals surface area contributed by atoms with E-state index in [1.54, 1.807) is 0 Å². The van der Waals surface area contributed by atoms with Gasteiger partial charge in [-0.25, -0.2) is 0 Å². The molecule has 0 radical (unpaired) electrons. The van der Waals surface area contributed by atoms with Crippen molar-refractivity contribution in [1.29, 1.82) is 0 Å². The minimum absolute atomic E-state index is 0.0854. The van der Waals surface area contributed by atoms with E-state index in [1.165, 1.54) is 103 Å². The summed E-state index contributed by atoms with van der Waals surface area (Å²) in [6.07, 6.45) is 27.9. The van der Waals surface area contributed by atoms with Gasteiger partial charge in [0, 0.05) is 6.61 Å². The molecule has 0 saturated carbocycles. The van der Waals surface area contributed by atoms with Gasteiger partial charge in [-0.05, 0) is 52.9 Å². The van der Waals surface area contributed by atoms with Gasteiger partial charge in [-0.15, -0.1) is 0 Å². The van der Waals surface area contributed by atoms with Crippen LogP contribution in [-0.4, -0.2) is 70.3 Å². The first kappa shape index (κ1) is 41.7. The van der Waals surface area contributed by atoms with Gasteiger partial charge in [0.25, 0.3) is 7.82 Å². The molecule has 0 spiro atoms. The molecule has 1 unspecified atom stereocenters. The van der Waals surface area contributed by atoms with Crippen LogP contribution in [0.15, 0.2) is 12.2 Å². The number of unbranched alkanes of at least 4 members (excludes halogenated alkanes) is 16. The van der Waals surface area contributed by atoms with Crippen molar-refractivity contribution in [3.05, 3.63) is 12.2 Å². The maximum atomic E-state index is 12.1. The Morgan fingerprint density at radius 3 is 1.64 bits per heavy atom. The zero-order valence-electron chi connectivity index (χ0n) is 28.8. The number of ether oxygens (including phenoxy) is 2. The summed E-state index contributed by atoms with van der Waals surface area (Å²) in [5, 5.41) is 0. The lowest BCUT2D eigenvalue weighted by molar-refractivity contribution is -0.870. The van der Waals surface area contributed by atoms with Crippen LogP contribution in [0.25, 0.3) is 0 Å². The van der Waals surface area contributed by atoms with Crippen LogP contribution in [0.5, 0.6) is 0 Å². The first-order chi connectivity index (χ1) is 19.8. The number of nitrogens with zero attached hydrogens (tertiary/aromatic N) is 1. The second-order valence-corrected chi connectivity index (χ2v) is 15.3. The van der Waals surface area contributed by atoms with E-state index in [0.29, 0.717) is 24.2 Å². The molecule has 0 aliphatic rings. The molecule has 0 N–H and O–H groups in total. The monoisotopic (exact) mass is 619 g/mol. The Hall–Kier alpha value is -0.270. The third-order valence-corrected chi connectivity index (χ3v) is 8.02. The predicted octanol–water partition coefficient (Wildman–Crippen LogP) is 8.99. The molecule has 0 aromatic rings. The van der Waals surface area contributed by atoms with E-state index in [2.05, 4.69) is 19.1 Å². The molecule has 7 nitrogen and oxygen atoms in total. The average Bonchev–Trinajstić information content (AvgIpc) is 2.88. The molecule has 42 heavy (non-hydrogen) atoms. The van der Waals surface area contributed by atoms with Crippen LogP contribution in [0.3, 0.4) is 0 Å². The summed E-state index contributed by atoms with van der Waals surface area (Å²) in [6.45, 7) is 9.56. The molecular formula is C34H70NO6P. The SMILES string of the molecule is CCCCCCCCCCC/C=C\CCCCCCCCCOC[C@H](COP(=O)([O-])OCC[N+](C)(C)C)OC(C)(C)C. The van der Waals surface area contributed by atoms with Crippen LogP contribution in [0.1, 0.15) is 143 Å². The molecule has 0 rings (SSSR count). The highest BCUT2D eigenvalue weighted by Crippen LogP contribution is 2.38. The molecule has 252 valence electrons. The third kappa shape index (κ3) is 32.6. The first-order valence-corrected chi connectivity index (χ1v) is 18.6. The normalized spacial score (nSPS) is 15.0. The molecule has 0 bridgehead atoms. The van der Waals surface area contributed by atoms with Gasteiger partial charge in [-0.2, -0.15) is 0 Å². The molecule has 0 fully saturated rings. The van der Waals surface area contributed by atoms with E-state index in [1.807, 2.05) is 41.9 Å². The van der Waals surface area contributed by atoms with E-state index in [0.717, 1.165) is 12.8 Å². The topological polar surface area (TPSA) is 77.1 Å². The van der Waals surface area contributed by atoms with E-state index >= 15 is 0 Å². The van der Waals surface area contributed by atoms with Crippen LogP contribution >= 0.6 is 7.82 Å². The number of hydrogen-bond acceptors (Lipinski definition) is 6. The Balaban J connectivity index is 3.76. The van der Waals surface area contributed by atoms with Crippen LogP contribution in [0.2, 0.25) is 0 Å². The Morgan fingerprint density at radius 1 is 0.690 bits per heavy atom. The quantitative estimate of drug-likeness (QED) is 0.0346. The van der Waals surface area contributed by atoms with E-state index in [4.69, 9.17) is 18.5 Å². The first-order valence-electron chi connectivity index (χ1n) is 17.2. The van der Waals surface area contributed by atoms with Gasteiger partial charge in [0.15, 0.2) is 0 Å². The molecule has 0 aliphatic carbocycles. The highest BCUT2D eigenvalue weighted by molar-refractivity contribution is 7.45. The van der Waals surface area contributed by atoms with Crippen LogP contribution in [0, 0.1) is 0 Å². The minimum atomic E-state index is -4.38. The number of phosphoric ester groups is 1. The molecule has 0 aromatic heterocycles. The average molecular weight is 620 g/mol. The van der Waals surface area contributed by atoms with E-state index in [9.17, 15) is 9.46 Å². The smallest absolute Gasteiger partial charge is 0.268 e. The van der Waals surface area contributed by atoms with Crippen molar-refractivity contribution in [2.45, 2.75) is 155 Å². The lowest BCUT2D eigenvalue weighted by Gasteiger charge is -2.31. The summed E-state index contributed by atoms with van der Waals surface area (Å²) < 4.78 is 34.6. The van der Waals surface area contributed by atoms with Crippen LogP contribution in [0.4, 0.5) is 0 Å². The maximum absolute atomic E-state index is 12.1. The molecular weight excluding hydrogens is 549 g/mol. The fourth-order valence-corrected chi connectivity index (χ4v) is 5.36. The summed E-state index contributed by atoms with van der Waals surface area (Å²) in [5.41, 5.74) is -0.433. The molecule has 0 saturated heterocycles. The third-order valence-electron chi connectivity index (χ3n) is 7.05. The summed E-state index contributed by atoms with van der Waals surface area (Å²) in [4.78, 5) is 12.1. The minimum Gasteiger partial charge on any atom is -0.756 e. The molecule has 2 atom stereocenters. The molecule has 0 aliphatic heterocycles. The standard InChI is InChI=1S/C34H70NO6P/c1-8-9-10-11-12-13-14-15-16-17-18-19-20-21-22-23-24-25-26-27-29-38-31-33(41-34(2,3)4)32-40-42(36,37)39-30-28-35(5,6)7/h18-19,33H,8-17,20-32H2,1-7H3/b19-18-/t33-/m1/s1. The number of rotatable bonds is 30. The van der Waals surface area contributed by atoms with Gasteiger partial charge in [0.2, 0.25) is 0 Å². The zero-order valence-corrected chi connectivity index (χ0v) is 29.7. The summed E-state index contributed by atoms with van der Waals surface area (Å²) in [5.74, 6) is 0. The Kier molecular flexibility index (Phi) is 25.8. The highest BCUT2D eigenvalue weighted by atomic mass is 31.2. The lowest BCUT2D eigenvalue weighted by Crippen LogP contribution is -2.38. The van der Waals surface area contributed by atoms with Crippen molar-refractivity contribution in [3.8, 4) is 0 Å². The number of phosphoric acid groups is 1. The van der Waals surface area contributed by atoms with Gasteiger partial charge < -0.3 is 27.9 Å². The zero-order chi connectivity index (χ0) is 31.6. The Bertz CT molecular complexity index is 674. The van der Waals surface area contributed by atoms with E-state index < -0.39 is 19.5 Å². The van der Waals surface area contributed by atoms with Crippen molar-refractivity contribution in [1.82, 2.24) is 0 Å². The number of allylic oxidation sites excluding steroid dienone is 2. The molecule has 0 heterocycles. The Labute approximate surface area is 261 Å². The molecule has 8 heteroatoms. The lowest BCUT2D eigenvalue weighted by atomic mass is 10.1. The molecule has 0 amide bonds. The number of quaternary nitrogens is 1. The van der Waals surface area contributed by atoms with Crippen molar-refractivity contribution in [2.75, 3.05) is 54.1 Å². The molecule has 0 aromatic carbocycles. The van der Waals surface area contributed by atoms with Crippen molar-refractivity contribution >= 4 is 7.82 Å². The summed E-state index contributed by atoms with van der Waals surface area (Å²) in [7, 11) is 1.55. The second kappa shape index (κ2) is 26.0. The summed E-state index contributed by atoms with van der Waals surface area (Å²) in [6, 6.07) is 0. The summed E-state index contributed by atoms with van der Waals surface area (Å²) >= 11 is 0. The van der Waals surface area contributed by atoms with Crippen molar-refractivity contribution < 1.29 is 32.5 Å². The van der Waals surface area contributed by atoms with Gasteiger partial charge in [0.05, 0.1) is 40.0 Å². The van der Waals surface area contributed by atoms with Gasteiger partial charge in [0.1, 0.15) is 19.3 Å².